The van der Waals surface area contributed by atoms with Gasteiger partial charge in [-0.05, 0) is 32.1 Å². The Morgan fingerprint density at radius 1 is 1.21 bits per heavy atom. The van der Waals surface area contributed by atoms with Crippen molar-refractivity contribution in [1.82, 2.24) is 10.2 Å². The van der Waals surface area contributed by atoms with Gasteiger partial charge in [0.2, 0.25) is 5.91 Å². The van der Waals surface area contributed by atoms with Crippen molar-refractivity contribution < 1.29 is 29.0 Å². The zero-order chi connectivity index (χ0) is 20.1. The number of nitrogens with one attached hydrogen (secondary N) is 1. The third kappa shape index (κ3) is 5.61. The Labute approximate surface area is 169 Å². The molecular formula is C19H30N2O6S. The topological polar surface area (TPSA) is 105 Å². The van der Waals surface area contributed by atoms with E-state index in [4.69, 9.17) is 9.47 Å². The summed E-state index contributed by atoms with van der Waals surface area (Å²) in [4.78, 5) is 37.4. The molecule has 0 saturated carbocycles. The molecule has 3 heterocycles. The van der Waals surface area contributed by atoms with Crippen LogP contribution in [0.1, 0.15) is 58.3 Å². The molecule has 8 nitrogen and oxygen atoms in total. The molecule has 0 aromatic carbocycles. The second-order valence-corrected chi connectivity index (χ2v) is 8.88. The van der Waals surface area contributed by atoms with Gasteiger partial charge in [-0.1, -0.05) is 11.8 Å². The number of fused-ring (bicyclic) bond motifs is 2. The highest BCUT2D eigenvalue weighted by atomic mass is 32.2. The minimum absolute atomic E-state index is 0.0486. The summed E-state index contributed by atoms with van der Waals surface area (Å²) in [5.74, 6) is -1.34. The Balaban J connectivity index is 1.68. The summed E-state index contributed by atoms with van der Waals surface area (Å²) in [6.07, 6.45) is 4.16. The summed E-state index contributed by atoms with van der Waals surface area (Å²) >= 11 is 1.12. The molecule has 2 bridgehead atoms. The number of rotatable bonds is 1. The molecule has 9 heteroatoms. The highest BCUT2D eigenvalue weighted by Gasteiger charge is 2.49. The summed E-state index contributed by atoms with van der Waals surface area (Å²) in [7, 11) is 0. The Hall–Kier alpha value is -1.32. The zero-order valence-corrected chi connectivity index (χ0v) is 17.2. The monoisotopic (exact) mass is 414 g/mol. The van der Waals surface area contributed by atoms with Gasteiger partial charge in [0.05, 0.1) is 12.1 Å². The van der Waals surface area contributed by atoms with Crippen LogP contribution >= 0.6 is 11.8 Å². The van der Waals surface area contributed by atoms with Crippen LogP contribution in [0.15, 0.2) is 0 Å². The van der Waals surface area contributed by atoms with Gasteiger partial charge in [-0.15, -0.1) is 0 Å². The van der Waals surface area contributed by atoms with Gasteiger partial charge < -0.3 is 24.8 Å². The van der Waals surface area contributed by atoms with Gasteiger partial charge in [-0.2, -0.15) is 0 Å². The first-order valence-corrected chi connectivity index (χ1v) is 11.1. The summed E-state index contributed by atoms with van der Waals surface area (Å²) < 4.78 is 11.6. The Morgan fingerprint density at radius 3 is 2.64 bits per heavy atom. The predicted octanol–water partition coefficient (Wildman–Crippen LogP) is 1.79. The zero-order valence-electron chi connectivity index (χ0n) is 16.4. The number of esters is 1. The highest BCUT2D eigenvalue weighted by molar-refractivity contribution is 8.14. The van der Waals surface area contributed by atoms with Crippen LogP contribution in [0, 0.1) is 0 Å². The fourth-order valence-electron chi connectivity index (χ4n) is 4.12. The van der Waals surface area contributed by atoms with Gasteiger partial charge >= 0.3 is 5.97 Å². The average molecular weight is 415 g/mol. The number of nitrogens with zero attached hydrogens (tertiary/aromatic N) is 1. The molecule has 0 radical (unpaired) electrons. The van der Waals surface area contributed by atoms with E-state index in [9.17, 15) is 19.5 Å². The molecule has 2 amide bonds. The maximum Gasteiger partial charge on any atom is 0.306 e. The first kappa shape index (κ1) is 21.4. The number of amides is 2. The lowest BCUT2D eigenvalue weighted by Gasteiger charge is -2.43. The maximum absolute atomic E-state index is 12.3. The molecule has 3 saturated heterocycles. The van der Waals surface area contributed by atoms with E-state index >= 15 is 0 Å². The van der Waals surface area contributed by atoms with E-state index in [-0.39, 0.29) is 29.6 Å². The largest absolute Gasteiger partial charge is 0.462 e. The average Bonchev–Trinajstić information content (AvgIpc) is 3.06. The van der Waals surface area contributed by atoms with Crippen molar-refractivity contribution in [2.75, 3.05) is 18.8 Å². The lowest BCUT2D eigenvalue weighted by molar-refractivity contribution is -0.284. The molecule has 0 aromatic rings. The van der Waals surface area contributed by atoms with Gasteiger partial charge in [-0.3, -0.25) is 14.4 Å². The van der Waals surface area contributed by atoms with Crippen molar-refractivity contribution in [2.24, 2.45) is 0 Å². The number of carbonyl (C=O) groups is 3. The fraction of sp³-hybridized carbons (Fsp3) is 0.842. The van der Waals surface area contributed by atoms with Crippen LogP contribution in [0.25, 0.3) is 0 Å². The van der Waals surface area contributed by atoms with E-state index in [0.717, 1.165) is 31.0 Å². The molecule has 3 unspecified atom stereocenters. The first-order valence-electron chi connectivity index (χ1n) is 10.1. The molecule has 3 aliphatic heterocycles. The van der Waals surface area contributed by atoms with E-state index in [0.29, 0.717) is 44.5 Å². The minimum atomic E-state index is -1.53. The minimum Gasteiger partial charge on any atom is -0.462 e. The summed E-state index contributed by atoms with van der Waals surface area (Å²) in [5, 5.41) is 13.7. The van der Waals surface area contributed by atoms with Crippen molar-refractivity contribution >= 4 is 28.9 Å². The van der Waals surface area contributed by atoms with Gasteiger partial charge in [0, 0.05) is 45.0 Å². The molecule has 0 aromatic heterocycles. The number of ether oxygens (including phenoxy) is 2. The van der Waals surface area contributed by atoms with Crippen molar-refractivity contribution in [3.8, 4) is 0 Å². The lowest BCUT2D eigenvalue weighted by atomic mass is 9.91. The maximum atomic E-state index is 12.3. The molecular weight excluding hydrogens is 384 g/mol. The van der Waals surface area contributed by atoms with Crippen LogP contribution in [-0.2, 0) is 19.1 Å². The predicted molar refractivity (Wildman–Crippen MR) is 104 cm³/mol. The molecule has 3 aliphatic rings. The normalized spacial score (nSPS) is 35.6. The van der Waals surface area contributed by atoms with Crippen LogP contribution in [0.3, 0.4) is 0 Å². The van der Waals surface area contributed by atoms with E-state index in [1.54, 1.807) is 6.92 Å². The number of hydrogen-bond acceptors (Lipinski definition) is 7. The van der Waals surface area contributed by atoms with Crippen LogP contribution in [0.4, 0.5) is 4.79 Å². The summed E-state index contributed by atoms with van der Waals surface area (Å²) in [5.41, 5.74) is 0. The van der Waals surface area contributed by atoms with Crippen molar-refractivity contribution in [3.63, 3.8) is 0 Å². The number of hydrogen-bond donors (Lipinski definition) is 2. The van der Waals surface area contributed by atoms with E-state index in [2.05, 4.69) is 5.32 Å². The van der Waals surface area contributed by atoms with E-state index < -0.39 is 17.9 Å². The van der Waals surface area contributed by atoms with Gasteiger partial charge in [0.25, 0.3) is 5.24 Å². The molecule has 0 aliphatic carbocycles. The van der Waals surface area contributed by atoms with Gasteiger partial charge in [-0.25, -0.2) is 0 Å². The fourth-order valence-corrected chi connectivity index (χ4v) is 5.01. The molecule has 158 valence electrons. The van der Waals surface area contributed by atoms with Crippen molar-refractivity contribution in [1.29, 1.82) is 0 Å². The highest BCUT2D eigenvalue weighted by Crippen LogP contribution is 2.36. The van der Waals surface area contributed by atoms with Crippen molar-refractivity contribution in [2.45, 2.75) is 82.3 Å². The molecule has 2 N–H and O–H groups in total. The number of carbonyl (C=O) groups excluding carboxylic acids is 3. The molecule has 28 heavy (non-hydrogen) atoms. The quantitative estimate of drug-likeness (QED) is 0.630. The third-order valence-corrected chi connectivity index (χ3v) is 6.52. The standard InChI is InChI=1S/C19H30N2O6S/c1-13(22)21-8-4-2-6-14-10-15(26-17(23)7-3-5-9-21)11-19(25,27-14)16-12-28-18(24)20-16/h14-16,25H,2-12H2,1H3,(H,20,24)/t14-,15?,16?,19?/m1/s1. The lowest BCUT2D eigenvalue weighted by Crippen LogP contribution is -2.58. The second kappa shape index (κ2) is 9.45. The Bertz CT molecular complexity index is 603. The Kier molecular flexibility index (Phi) is 7.22. The summed E-state index contributed by atoms with van der Waals surface area (Å²) in [6.45, 7) is 2.92. The Morgan fingerprint density at radius 2 is 1.96 bits per heavy atom. The number of thioether (sulfide) groups is 1. The SMILES string of the molecule is CC(=O)N1CCCCC(=O)OC2C[C@@H](CCCC1)OC(O)(C1CSC(=O)N1)C2. The van der Waals surface area contributed by atoms with Crippen LogP contribution in [0.2, 0.25) is 0 Å². The van der Waals surface area contributed by atoms with Gasteiger partial charge in [0.15, 0.2) is 5.79 Å². The number of aliphatic hydroxyl groups is 1. The van der Waals surface area contributed by atoms with E-state index in [1.807, 2.05) is 4.90 Å². The molecule has 0 spiro atoms. The van der Waals surface area contributed by atoms with E-state index in [1.165, 1.54) is 0 Å². The molecule has 3 fully saturated rings. The first-order chi connectivity index (χ1) is 13.4. The smallest absolute Gasteiger partial charge is 0.306 e. The summed E-state index contributed by atoms with van der Waals surface area (Å²) in [6, 6.07) is -0.513. The molecule has 3 rings (SSSR count). The van der Waals surface area contributed by atoms with Gasteiger partial charge in [0.1, 0.15) is 6.10 Å². The molecule has 4 atom stereocenters. The second-order valence-electron chi connectivity index (χ2n) is 7.89. The third-order valence-electron chi connectivity index (χ3n) is 5.64. The van der Waals surface area contributed by atoms with Crippen LogP contribution in [0.5, 0.6) is 0 Å². The van der Waals surface area contributed by atoms with Crippen molar-refractivity contribution in [3.05, 3.63) is 0 Å². The van der Waals surface area contributed by atoms with Crippen LogP contribution in [-0.4, -0.2) is 70.0 Å². The van der Waals surface area contributed by atoms with Crippen LogP contribution < -0.4 is 5.32 Å².